The SMILES string of the molecule is COc1cccc(F)c1[C@H](C)NC(=O)NC[C@H](O)c1cccs1. The zero-order chi connectivity index (χ0) is 16.8. The third-order valence-corrected chi connectivity index (χ3v) is 4.31. The van der Waals surface area contributed by atoms with E-state index in [0.29, 0.717) is 5.75 Å². The summed E-state index contributed by atoms with van der Waals surface area (Å²) < 4.78 is 19.1. The molecule has 0 aliphatic carbocycles. The number of hydrogen-bond acceptors (Lipinski definition) is 4. The van der Waals surface area contributed by atoms with Crippen molar-refractivity contribution in [3.05, 3.63) is 52.0 Å². The minimum absolute atomic E-state index is 0.0769. The molecule has 2 amide bonds. The van der Waals surface area contributed by atoms with E-state index in [1.165, 1.54) is 24.5 Å². The number of halogens is 1. The fraction of sp³-hybridized carbons (Fsp3) is 0.312. The van der Waals surface area contributed by atoms with Gasteiger partial charge in [0.2, 0.25) is 0 Å². The molecule has 3 N–H and O–H groups in total. The van der Waals surface area contributed by atoms with Crippen LogP contribution in [0.1, 0.15) is 29.5 Å². The Hall–Kier alpha value is -2.12. The highest BCUT2D eigenvalue weighted by Gasteiger charge is 2.19. The average molecular weight is 338 g/mol. The first kappa shape index (κ1) is 17.2. The van der Waals surface area contributed by atoms with Gasteiger partial charge in [0, 0.05) is 4.88 Å². The molecule has 0 bridgehead atoms. The van der Waals surface area contributed by atoms with E-state index in [2.05, 4.69) is 10.6 Å². The number of aliphatic hydroxyl groups excluding tert-OH is 1. The van der Waals surface area contributed by atoms with Gasteiger partial charge in [-0.25, -0.2) is 9.18 Å². The monoisotopic (exact) mass is 338 g/mol. The second-order valence-electron chi connectivity index (χ2n) is 4.96. The summed E-state index contributed by atoms with van der Waals surface area (Å²) in [5.74, 6) is -0.0767. The lowest BCUT2D eigenvalue weighted by molar-refractivity contribution is 0.176. The number of carbonyl (C=O) groups excluding carboxylic acids is 1. The van der Waals surface area contributed by atoms with Gasteiger partial charge in [-0.3, -0.25) is 0 Å². The van der Waals surface area contributed by atoms with Crippen molar-refractivity contribution in [1.29, 1.82) is 0 Å². The van der Waals surface area contributed by atoms with Gasteiger partial charge in [0.05, 0.1) is 25.3 Å². The Morgan fingerprint density at radius 2 is 2.17 bits per heavy atom. The normalized spacial score (nSPS) is 13.2. The van der Waals surface area contributed by atoms with Gasteiger partial charge in [-0.05, 0) is 30.5 Å². The summed E-state index contributed by atoms with van der Waals surface area (Å²) >= 11 is 1.41. The highest BCUT2D eigenvalue weighted by molar-refractivity contribution is 7.10. The maximum atomic E-state index is 13.9. The van der Waals surface area contributed by atoms with Crippen molar-refractivity contribution in [2.75, 3.05) is 13.7 Å². The van der Waals surface area contributed by atoms with E-state index in [0.717, 1.165) is 4.88 Å². The van der Waals surface area contributed by atoms with Gasteiger partial charge in [-0.15, -0.1) is 11.3 Å². The zero-order valence-electron chi connectivity index (χ0n) is 12.9. The van der Waals surface area contributed by atoms with E-state index < -0.39 is 24.0 Å². The van der Waals surface area contributed by atoms with Crippen molar-refractivity contribution in [3.63, 3.8) is 0 Å². The van der Waals surface area contributed by atoms with Crippen molar-refractivity contribution in [1.82, 2.24) is 10.6 Å². The summed E-state index contributed by atoms with van der Waals surface area (Å²) in [6.45, 7) is 1.74. The van der Waals surface area contributed by atoms with E-state index in [1.54, 1.807) is 25.1 Å². The summed E-state index contributed by atoms with van der Waals surface area (Å²) in [7, 11) is 1.45. The fourth-order valence-electron chi connectivity index (χ4n) is 2.21. The first-order chi connectivity index (χ1) is 11.0. The number of urea groups is 1. The van der Waals surface area contributed by atoms with E-state index >= 15 is 0 Å². The standard InChI is InChI=1S/C16H19FN2O3S/c1-10(15-11(17)5-3-6-13(15)22-2)19-16(21)18-9-12(20)14-7-4-8-23-14/h3-8,10,12,20H,9H2,1-2H3,(H2,18,19,21)/t10-,12-/m0/s1. The van der Waals surface area contributed by atoms with Crippen LogP contribution in [-0.2, 0) is 0 Å². The second-order valence-corrected chi connectivity index (χ2v) is 5.94. The molecule has 2 atom stereocenters. The van der Waals surface area contributed by atoms with Crippen LogP contribution in [0.25, 0.3) is 0 Å². The third kappa shape index (κ3) is 4.43. The molecule has 0 saturated heterocycles. The summed E-state index contributed by atoms with van der Waals surface area (Å²) in [4.78, 5) is 12.7. The smallest absolute Gasteiger partial charge is 0.315 e. The number of nitrogens with one attached hydrogen (secondary N) is 2. The maximum Gasteiger partial charge on any atom is 0.315 e. The number of methoxy groups -OCH3 is 1. The topological polar surface area (TPSA) is 70.6 Å². The Morgan fingerprint density at radius 1 is 1.39 bits per heavy atom. The number of hydrogen-bond donors (Lipinski definition) is 3. The number of rotatable bonds is 6. The molecule has 1 aromatic heterocycles. The van der Waals surface area contributed by atoms with Crippen LogP contribution >= 0.6 is 11.3 Å². The van der Waals surface area contributed by atoms with E-state index in [-0.39, 0.29) is 12.1 Å². The molecule has 124 valence electrons. The van der Waals surface area contributed by atoms with Gasteiger partial charge in [-0.1, -0.05) is 12.1 Å². The Morgan fingerprint density at radius 3 is 2.83 bits per heavy atom. The molecule has 0 aliphatic heterocycles. The molecule has 7 heteroatoms. The number of carbonyl (C=O) groups is 1. The molecule has 0 fully saturated rings. The lowest BCUT2D eigenvalue weighted by atomic mass is 10.1. The van der Waals surface area contributed by atoms with Crippen LogP contribution < -0.4 is 15.4 Å². The van der Waals surface area contributed by atoms with Gasteiger partial charge < -0.3 is 20.5 Å². The van der Waals surface area contributed by atoms with Crippen LogP contribution in [0.15, 0.2) is 35.7 Å². The molecule has 0 saturated carbocycles. The molecular formula is C16H19FN2O3S. The van der Waals surface area contributed by atoms with Crippen molar-refractivity contribution >= 4 is 17.4 Å². The summed E-state index contributed by atoms with van der Waals surface area (Å²) in [5.41, 5.74) is 0.281. The van der Waals surface area contributed by atoms with Crippen LogP contribution in [0.2, 0.25) is 0 Å². The first-order valence-corrected chi connectivity index (χ1v) is 7.99. The fourth-order valence-corrected chi connectivity index (χ4v) is 2.92. The summed E-state index contributed by atoms with van der Waals surface area (Å²) in [6, 6.07) is 7.05. The van der Waals surface area contributed by atoms with E-state index in [4.69, 9.17) is 4.74 Å². The highest BCUT2D eigenvalue weighted by Crippen LogP contribution is 2.27. The quantitative estimate of drug-likeness (QED) is 0.758. The zero-order valence-corrected chi connectivity index (χ0v) is 13.7. The van der Waals surface area contributed by atoms with Gasteiger partial charge in [0.1, 0.15) is 17.7 Å². The molecule has 1 aromatic carbocycles. The Labute approximate surface area is 138 Å². The largest absolute Gasteiger partial charge is 0.496 e. The number of thiophene rings is 1. The van der Waals surface area contributed by atoms with Gasteiger partial charge >= 0.3 is 6.03 Å². The molecule has 2 aromatic rings. The highest BCUT2D eigenvalue weighted by atomic mass is 32.1. The molecule has 0 aliphatic rings. The molecule has 5 nitrogen and oxygen atoms in total. The van der Waals surface area contributed by atoms with Crippen LogP contribution in [0.5, 0.6) is 5.75 Å². The third-order valence-electron chi connectivity index (χ3n) is 3.34. The predicted octanol–water partition coefficient (Wildman–Crippen LogP) is 2.99. The van der Waals surface area contributed by atoms with Gasteiger partial charge in [0.25, 0.3) is 0 Å². The van der Waals surface area contributed by atoms with Crippen LogP contribution in [0, 0.1) is 5.82 Å². The first-order valence-electron chi connectivity index (χ1n) is 7.11. The lowest BCUT2D eigenvalue weighted by Gasteiger charge is -2.19. The summed E-state index contributed by atoms with van der Waals surface area (Å²) in [5, 5.41) is 17.0. The van der Waals surface area contributed by atoms with Crippen LogP contribution in [0.4, 0.5) is 9.18 Å². The van der Waals surface area contributed by atoms with Crippen molar-refractivity contribution in [3.8, 4) is 5.75 Å². The Bertz CT molecular complexity index is 649. The van der Waals surface area contributed by atoms with Crippen LogP contribution in [-0.4, -0.2) is 24.8 Å². The molecule has 0 spiro atoms. The van der Waals surface area contributed by atoms with Gasteiger partial charge in [-0.2, -0.15) is 0 Å². The lowest BCUT2D eigenvalue weighted by Crippen LogP contribution is -2.39. The second kappa shape index (κ2) is 7.94. The van der Waals surface area contributed by atoms with E-state index in [9.17, 15) is 14.3 Å². The van der Waals surface area contributed by atoms with Gasteiger partial charge in [0.15, 0.2) is 0 Å². The number of benzene rings is 1. The predicted molar refractivity (Wildman–Crippen MR) is 87.2 cm³/mol. The number of aliphatic hydroxyl groups is 1. The Balaban J connectivity index is 1.92. The van der Waals surface area contributed by atoms with Crippen LogP contribution in [0.3, 0.4) is 0 Å². The molecule has 2 rings (SSSR count). The maximum absolute atomic E-state index is 13.9. The van der Waals surface area contributed by atoms with Crippen molar-refractivity contribution < 1.29 is 19.0 Å². The number of amides is 2. The van der Waals surface area contributed by atoms with Crippen molar-refractivity contribution in [2.45, 2.75) is 19.1 Å². The minimum atomic E-state index is -0.765. The molecule has 1 heterocycles. The number of ether oxygens (including phenoxy) is 1. The summed E-state index contributed by atoms with van der Waals surface area (Å²) in [6.07, 6.45) is -0.765. The average Bonchev–Trinajstić information content (AvgIpc) is 3.06. The van der Waals surface area contributed by atoms with E-state index in [1.807, 2.05) is 11.4 Å². The molecule has 0 radical (unpaired) electrons. The minimum Gasteiger partial charge on any atom is -0.496 e. The van der Waals surface area contributed by atoms with Crippen molar-refractivity contribution in [2.24, 2.45) is 0 Å². The molecule has 0 unspecified atom stereocenters. The molecular weight excluding hydrogens is 319 g/mol. The Kier molecular flexibility index (Phi) is 5.95. The molecule has 23 heavy (non-hydrogen) atoms.